The standard InChI is InChI=1S/C24H18ClFN4O3S/c25-21-13-27-12-14-4-5-15(9-18(14)21)29-24(31)20-11-19(20)17-7-6-16(10-22(17)26)34(32,33)30-23-3-1-2-8-28-23/h1-10,12-13,19-20H,11H2,(H,28,30)(H,29,31)/t19?,20-/m1/s1. The van der Waals surface area contributed by atoms with Crippen LogP contribution in [0.3, 0.4) is 0 Å². The Kier molecular flexibility index (Phi) is 5.66. The summed E-state index contributed by atoms with van der Waals surface area (Å²) in [5.74, 6) is -1.50. The third kappa shape index (κ3) is 4.44. The van der Waals surface area contributed by atoms with Crippen molar-refractivity contribution >= 4 is 49.8 Å². The minimum atomic E-state index is -4.00. The van der Waals surface area contributed by atoms with Gasteiger partial charge in [-0.1, -0.05) is 29.8 Å². The quantitative estimate of drug-likeness (QED) is 0.392. The molecule has 1 unspecified atom stereocenters. The summed E-state index contributed by atoms with van der Waals surface area (Å²) in [5, 5.41) is 4.95. The Balaban J connectivity index is 1.29. The third-order valence-electron chi connectivity index (χ3n) is 5.69. The zero-order chi connectivity index (χ0) is 23.9. The van der Waals surface area contributed by atoms with Crippen molar-refractivity contribution in [2.24, 2.45) is 5.92 Å². The molecule has 1 aliphatic rings. The molecule has 0 aliphatic heterocycles. The van der Waals surface area contributed by atoms with Gasteiger partial charge < -0.3 is 5.32 Å². The number of hydrogen-bond donors (Lipinski definition) is 2. The Hall–Kier alpha value is -3.56. The lowest BCUT2D eigenvalue weighted by molar-refractivity contribution is -0.117. The number of fused-ring (bicyclic) bond motifs is 1. The van der Waals surface area contributed by atoms with Gasteiger partial charge >= 0.3 is 0 Å². The first kappa shape index (κ1) is 22.2. The van der Waals surface area contributed by atoms with Crippen molar-refractivity contribution < 1.29 is 17.6 Å². The van der Waals surface area contributed by atoms with E-state index in [-0.39, 0.29) is 22.5 Å². The maximum Gasteiger partial charge on any atom is 0.263 e. The average molecular weight is 497 g/mol. The number of benzene rings is 2. The number of pyridine rings is 2. The summed E-state index contributed by atoms with van der Waals surface area (Å²) in [4.78, 5) is 20.5. The highest BCUT2D eigenvalue weighted by Gasteiger charge is 2.45. The molecule has 0 bridgehead atoms. The minimum absolute atomic E-state index is 0.136. The number of amides is 1. The van der Waals surface area contributed by atoms with Crippen LogP contribution >= 0.6 is 11.6 Å². The molecular weight excluding hydrogens is 479 g/mol. The zero-order valence-electron chi connectivity index (χ0n) is 17.6. The fraction of sp³-hybridized carbons (Fsp3) is 0.125. The summed E-state index contributed by atoms with van der Waals surface area (Å²) in [6.45, 7) is 0. The van der Waals surface area contributed by atoms with Crippen LogP contribution in [0.1, 0.15) is 17.9 Å². The summed E-state index contributed by atoms with van der Waals surface area (Å²) in [7, 11) is -4.00. The van der Waals surface area contributed by atoms with Crippen LogP contribution < -0.4 is 10.0 Å². The van der Waals surface area contributed by atoms with E-state index in [4.69, 9.17) is 11.6 Å². The van der Waals surface area contributed by atoms with Crippen LogP contribution in [0.25, 0.3) is 10.8 Å². The van der Waals surface area contributed by atoms with Gasteiger partial charge in [-0.25, -0.2) is 17.8 Å². The number of rotatable bonds is 6. The average Bonchev–Trinajstić information content (AvgIpc) is 3.61. The van der Waals surface area contributed by atoms with E-state index in [1.54, 1.807) is 30.5 Å². The highest BCUT2D eigenvalue weighted by atomic mass is 35.5. The van der Waals surface area contributed by atoms with Gasteiger partial charge in [-0.2, -0.15) is 0 Å². The van der Waals surface area contributed by atoms with Gasteiger partial charge in [-0.05, 0) is 54.3 Å². The van der Waals surface area contributed by atoms with Gasteiger partial charge in [0.1, 0.15) is 11.6 Å². The Bertz CT molecular complexity index is 1520. The van der Waals surface area contributed by atoms with Gasteiger partial charge in [-0.3, -0.25) is 14.5 Å². The number of hydrogen-bond acceptors (Lipinski definition) is 5. The number of carbonyl (C=O) groups excluding carboxylic acids is 1. The largest absolute Gasteiger partial charge is 0.326 e. The van der Waals surface area contributed by atoms with E-state index in [2.05, 4.69) is 20.0 Å². The van der Waals surface area contributed by atoms with Crippen molar-refractivity contribution in [3.05, 3.63) is 89.6 Å². The van der Waals surface area contributed by atoms with Crippen molar-refractivity contribution in [3.63, 3.8) is 0 Å². The van der Waals surface area contributed by atoms with E-state index in [0.29, 0.717) is 22.7 Å². The molecule has 1 fully saturated rings. The Morgan fingerprint density at radius 2 is 1.94 bits per heavy atom. The molecule has 10 heteroatoms. The van der Waals surface area contributed by atoms with Gasteiger partial charge in [-0.15, -0.1) is 0 Å². The number of nitrogens with zero attached hydrogens (tertiary/aromatic N) is 2. The number of sulfonamides is 1. The summed E-state index contributed by atoms with van der Waals surface area (Å²) in [6, 6.07) is 13.8. The van der Waals surface area contributed by atoms with Gasteiger partial charge in [0.2, 0.25) is 5.91 Å². The van der Waals surface area contributed by atoms with Gasteiger partial charge in [0, 0.05) is 41.0 Å². The molecule has 0 spiro atoms. The minimum Gasteiger partial charge on any atom is -0.326 e. The second kappa shape index (κ2) is 8.66. The highest BCUT2D eigenvalue weighted by Crippen LogP contribution is 2.49. The number of carbonyl (C=O) groups is 1. The number of aromatic nitrogens is 2. The lowest BCUT2D eigenvalue weighted by Gasteiger charge is -2.10. The summed E-state index contributed by atoms with van der Waals surface area (Å²) in [5.41, 5.74) is 0.892. The molecule has 1 aliphatic carbocycles. The predicted octanol–water partition coefficient (Wildman–Crippen LogP) is 4.97. The van der Waals surface area contributed by atoms with E-state index in [0.717, 1.165) is 16.8 Å². The van der Waals surface area contributed by atoms with Crippen molar-refractivity contribution in [3.8, 4) is 0 Å². The molecule has 1 amide bonds. The molecule has 4 aromatic rings. The molecule has 2 aromatic carbocycles. The molecule has 0 radical (unpaired) electrons. The van der Waals surface area contributed by atoms with Crippen molar-refractivity contribution in [2.45, 2.75) is 17.2 Å². The van der Waals surface area contributed by atoms with Crippen molar-refractivity contribution in [1.82, 2.24) is 9.97 Å². The van der Waals surface area contributed by atoms with Crippen LogP contribution in [-0.2, 0) is 14.8 Å². The summed E-state index contributed by atoms with van der Waals surface area (Å²) in [6.07, 6.45) is 5.13. The topological polar surface area (TPSA) is 101 Å². The SMILES string of the molecule is O=C(Nc1ccc2cncc(Cl)c2c1)[C@@H]1CC1c1ccc(S(=O)(=O)Nc2ccccn2)cc1F. The van der Waals surface area contributed by atoms with Gasteiger partial charge in [0.15, 0.2) is 0 Å². The van der Waals surface area contributed by atoms with E-state index in [1.807, 2.05) is 6.07 Å². The van der Waals surface area contributed by atoms with E-state index in [1.165, 1.54) is 30.6 Å². The normalized spacial score (nSPS) is 17.4. The Labute approximate surface area is 200 Å². The highest BCUT2D eigenvalue weighted by molar-refractivity contribution is 7.92. The fourth-order valence-electron chi connectivity index (χ4n) is 3.86. The first-order chi connectivity index (χ1) is 16.3. The van der Waals surface area contributed by atoms with Gasteiger partial charge in [0.25, 0.3) is 10.0 Å². The van der Waals surface area contributed by atoms with Crippen LogP contribution in [0.4, 0.5) is 15.9 Å². The molecule has 2 aromatic heterocycles. The molecule has 0 saturated heterocycles. The second-order valence-corrected chi connectivity index (χ2v) is 10.1. The number of halogens is 2. The smallest absolute Gasteiger partial charge is 0.263 e. The third-order valence-corrected chi connectivity index (χ3v) is 7.35. The molecule has 34 heavy (non-hydrogen) atoms. The monoisotopic (exact) mass is 496 g/mol. The van der Waals surface area contributed by atoms with Crippen molar-refractivity contribution in [2.75, 3.05) is 10.0 Å². The van der Waals surface area contributed by atoms with Gasteiger partial charge in [0.05, 0.1) is 9.92 Å². The molecule has 1 saturated carbocycles. The Morgan fingerprint density at radius 1 is 1.09 bits per heavy atom. The molecule has 5 rings (SSSR count). The first-order valence-electron chi connectivity index (χ1n) is 10.4. The van der Waals surface area contributed by atoms with Crippen LogP contribution in [0.2, 0.25) is 5.02 Å². The Morgan fingerprint density at radius 3 is 2.71 bits per heavy atom. The van der Waals surface area contributed by atoms with Crippen LogP contribution in [0.5, 0.6) is 0 Å². The van der Waals surface area contributed by atoms with E-state index >= 15 is 0 Å². The summed E-state index contributed by atoms with van der Waals surface area (Å²) < 4.78 is 42.2. The number of nitrogens with one attached hydrogen (secondary N) is 2. The molecule has 7 nitrogen and oxygen atoms in total. The first-order valence-corrected chi connectivity index (χ1v) is 12.3. The summed E-state index contributed by atoms with van der Waals surface area (Å²) >= 11 is 6.18. The lowest BCUT2D eigenvalue weighted by Crippen LogP contribution is -2.15. The van der Waals surface area contributed by atoms with E-state index in [9.17, 15) is 17.6 Å². The van der Waals surface area contributed by atoms with Crippen LogP contribution in [-0.4, -0.2) is 24.3 Å². The zero-order valence-corrected chi connectivity index (χ0v) is 19.1. The lowest BCUT2D eigenvalue weighted by atomic mass is 10.1. The molecule has 2 heterocycles. The molecular formula is C24H18ClFN4O3S. The van der Waals surface area contributed by atoms with E-state index < -0.39 is 21.8 Å². The second-order valence-electron chi connectivity index (χ2n) is 8.00. The molecule has 2 atom stereocenters. The van der Waals surface area contributed by atoms with Crippen molar-refractivity contribution in [1.29, 1.82) is 0 Å². The maximum absolute atomic E-state index is 14.8. The number of anilines is 2. The van der Waals surface area contributed by atoms with Crippen LogP contribution in [0.15, 0.2) is 78.1 Å². The fourth-order valence-corrected chi connectivity index (χ4v) is 5.10. The molecule has 172 valence electrons. The molecule has 2 N–H and O–H groups in total. The maximum atomic E-state index is 14.8. The van der Waals surface area contributed by atoms with Crippen LogP contribution in [0, 0.1) is 11.7 Å². The predicted molar refractivity (Wildman–Crippen MR) is 128 cm³/mol.